The van der Waals surface area contributed by atoms with Crippen molar-refractivity contribution in [2.24, 2.45) is 5.41 Å². The molecule has 0 aliphatic carbocycles. The number of hydrogen-bond donors (Lipinski definition) is 0. The fourth-order valence-electron chi connectivity index (χ4n) is 4.61. The summed E-state index contributed by atoms with van der Waals surface area (Å²) in [6.07, 6.45) is 2.97. The van der Waals surface area contributed by atoms with Crippen LogP contribution in [0.5, 0.6) is 0 Å². The number of hydrogen-bond acceptors (Lipinski definition) is 3. The Bertz CT molecular complexity index is 870. The first kappa shape index (κ1) is 18.8. The quantitative estimate of drug-likeness (QED) is 0.602. The highest BCUT2D eigenvalue weighted by Crippen LogP contribution is 2.39. The maximum absolute atomic E-state index is 14.0. The van der Waals surface area contributed by atoms with Gasteiger partial charge in [-0.3, -0.25) is 14.5 Å². The molecule has 2 saturated heterocycles. The van der Waals surface area contributed by atoms with E-state index in [9.17, 15) is 14.0 Å². The molecule has 2 aromatic carbocycles. The summed E-state index contributed by atoms with van der Waals surface area (Å²) >= 11 is 0. The van der Waals surface area contributed by atoms with Crippen molar-refractivity contribution < 1.29 is 14.0 Å². The molecule has 4 nitrogen and oxygen atoms in total. The molecule has 1 spiro atoms. The zero-order chi connectivity index (χ0) is 19.6. The Labute approximate surface area is 164 Å². The highest BCUT2D eigenvalue weighted by molar-refractivity contribution is 6.42. The lowest BCUT2D eigenvalue weighted by molar-refractivity contribution is -0.126. The molecule has 2 fully saturated rings. The van der Waals surface area contributed by atoms with Gasteiger partial charge >= 0.3 is 0 Å². The van der Waals surface area contributed by atoms with Crippen LogP contribution in [-0.4, -0.2) is 47.7 Å². The van der Waals surface area contributed by atoms with Gasteiger partial charge in [0.1, 0.15) is 5.82 Å². The minimum absolute atomic E-state index is 0.0101. The van der Waals surface area contributed by atoms with Gasteiger partial charge in [0.25, 0.3) is 5.91 Å². The van der Waals surface area contributed by atoms with E-state index < -0.39 is 11.7 Å². The molecule has 2 aliphatic heterocycles. The Kier molecular flexibility index (Phi) is 5.27. The Hall–Kier alpha value is -2.53. The molecule has 0 aromatic heterocycles. The van der Waals surface area contributed by atoms with Crippen LogP contribution < -0.4 is 0 Å². The van der Waals surface area contributed by atoms with Gasteiger partial charge in [-0.05, 0) is 31.9 Å². The Morgan fingerprint density at radius 1 is 0.929 bits per heavy atom. The lowest BCUT2D eigenvalue weighted by Gasteiger charge is -2.40. The molecule has 1 amide bonds. The van der Waals surface area contributed by atoms with Crippen LogP contribution >= 0.6 is 0 Å². The number of amides is 1. The van der Waals surface area contributed by atoms with Gasteiger partial charge < -0.3 is 4.90 Å². The van der Waals surface area contributed by atoms with E-state index in [0.717, 1.165) is 32.4 Å². The van der Waals surface area contributed by atoms with Gasteiger partial charge in [0.15, 0.2) is 0 Å². The van der Waals surface area contributed by atoms with Crippen molar-refractivity contribution >= 4 is 11.7 Å². The van der Waals surface area contributed by atoms with Crippen LogP contribution in [0.25, 0.3) is 0 Å². The van der Waals surface area contributed by atoms with E-state index >= 15 is 0 Å². The normalized spacial score (nSPS) is 22.5. The van der Waals surface area contributed by atoms with Crippen molar-refractivity contribution in [2.75, 3.05) is 26.2 Å². The standard InChI is InChI=1S/C23H25FN2O2/c24-20-10-5-4-9-19(20)15-25-13-6-11-23(16-25)12-14-26(17-23)22(28)21(27)18-7-2-1-3-8-18/h1-5,7-10H,6,11-17H2. The van der Waals surface area contributed by atoms with Gasteiger partial charge in [-0.25, -0.2) is 4.39 Å². The van der Waals surface area contributed by atoms with Crippen molar-refractivity contribution in [3.63, 3.8) is 0 Å². The van der Waals surface area contributed by atoms with E-state index in [0.29, 0.717) is 30.8 Å². The highest BCUT2D eigenvalue weighted by Gasteiger charge is 2.43. The SMILES string of the molecule is O=C(C(=O)N1CCC2(CCCN(Cc3ccccc3F)C2)C1)c1ccccc1. The van der Waals surface area contributed by atoms with E-state index in [1.54, 1.807) is 35.2 Å². The van der Waals surface area contributed by atoms with Crippen molar-refractivity contribution in [1.82, 2.24) is 9.80 Å². The summed E-state index contributed by atoms with van der Waals surface area (Å²) in [6, 6.07) is 15.6. The smallest absolute Gasteiger partial charge is 0.294 e. The second-order valence-corrected chi connectivity index (χ2v) is 8.08. The number of benzene rings is 2. The summed E-state index contributed by atoms with van der Waals surface area (Å²) in [4.78, 5) is 29.2. The molecule has 5 heteroatoms. The number of likely N-dealkylation sites (tertiary alicyclic amines) is 2. The van der Waals surface area contributed by atoms with Crippen molar-refractivity contribution in [1.29, 1.82) is 0 Å². The van der Waals surface area contributed by atoms with Gasteiger partial charge in [0, 0.05) is 42.7 Å². The van der Waals surface area contributed by atoms with E-state index in [1.807, 2.05) is 18.2 Å². The predicted molar refractivity (Wildman–Crippen MR) is 105 cm³/mol. The molecule has 0 radical (unpaired) electrons. The van der Waals surface area contributed by atoms with E-state index in [4.69, 9.17) is 0 Å². The number of rotatable bonds is 4. The van der Waals surface area contributed by atoms with E-state index in [-0.39, 0.29) is 11.2 Å². The summed E-state index contributed by atoms with van der Waals surface area (Å²) in [5, 5.41) is 0. The van der Waals surface area contributed by atoms with Crippen LogP contribution in [0.4, 0.5) is 4.39 Å². The average Bonchev–Trinajstić information content (AvgIpc) is 3.12. The Balaban J connectivity index is 1.41. The van der Waals surface area contributed by atoms with Crippen LogP contribution in [0.3, 0.4) is 0 Å². The van der Waals surface area contributed by atoms with Crippen LogP contribution in [0.1, 0.15) is 35.2 Å². The molecule has 0 saturated carbocycles. The molecule has 1 unspecified atom stereocenters. The third-order valence-electron chi connectivity index (χ3n) is 6.05. The van der Waals surface area contributed by atoms with Crippen molar-refractivity contribution in [2.45, 2.75) is 25.8 Å². The van der Waals surface area contributed by atoms with E-state index in [2.05, 4.69) is 4.90 Å². The molecule has 2 aromatic rings. The average molecular weight is 380 g/mol. The van der Waals surface area contributed by atoms with Gasteiger partial charge in [0.2, 0.25) is 5.78 Å². The minimum atomic E-state index is -0.434. The van der Waals surface area contributed by atoms with Crippen LogP contribution in [0, 0.1) is 11.2 Å². The fraction of sp³-hybridized carbons (Fsp3) is 0.391. The number of carbonyl (C=O) groups excluding carboxylic acids is 2. The first-order chi connectivity index (χ1) is 13.6. The molecule has 2 heterocycles. The fourth-order valence-corrected chi connectivity index (χ4v) is 4.61. The van der Waals surface area contributed by atoms with Gasteiger partial charge in [-0.15, -0.1) is 0 Å². The second-order valence-electron chi connectivity index (χ2n) is 8.08. The zero-order valence-corrected chi connectivity index (χ0v) is 15.9. The Morgan fingerprint density at radius 2 is 1.68 bits per heavy atom. The van der Waals surface area contributed by atoms with Crippen molar-refractivity contribution in [3.05, 3.63) is 71.5 Å². The third-order valence-corrected chi connectivity index (χ3v) is 6.05. The maximum atomic E-state index is 14.0. The summed E-state index contributed by atoms with van der Waals surface area (Å²) in [5.74, 6) is -1.01. The summed E-state index contributed by atoms with van der Waals surface area (Å²) in [5.41, 5.74) is 1.17. The number of Topliss-reactive ketones (excluding diaryl/α,β-unsaturated/α-hetero) is 1. The summed E-state index contributed by atoms with van der Waals surface area (Å²) in [7, 11) is 0. The number of halogens is 1. The van der Waals surface area contributed by atoms with E-state index in [1.165, 1.54) is 6.07 Å². The van der Waals surface area contributed by atoms with Gasteiger partial charge in [-0.1, -0.05) is 48.5 Å². The minimum Gasteiger partial charge on any atom is -0.335 e. The summed E-state index contributed by atoms with van der Waals surface area (Å²) < 4.78 is 14.0. The highest BCUT2D eigenvalue weighted by atomic mass is 19.1. The van der Waals surface area contributed by atoms with Crippen LogP contribution in [0.15, 0.2) is 54.6 Å². The molecule has 0 N–H and O–H groups in total. The van der Waals surface area contributed by atoms with Gasteiger partial charge in [-0.2, -0.15) is 0 Å². The number of nitrogens with zero attached hydrogens (tertiary/aromatic N) is 2. The van der Waals surface area contributed by atoms with Crippen LogP contribution in [-0.2, 0) is 11.3 Å². The first-order valence-electron chi connectivity index (χ1n) is 9.91. The molecular formula is C23H25FN2O2. The van der Waals surface area contributed by atoms with Gasteiger partial charge in [0.05, 0.1) is 0 Å². The molecule has 28 heavy (non-hydrogen) atoms. The molecular weight excluding hydrogens is 355 g/mol. The molecule has 1 atom stereocenters. The second kappa shape index (κ2) is 7.84. The molecule has 146 valence electrons. The number of carbonyl (C=O) groups is 2. The van der Waals surface area contributed by atoms with Crippen molar-refractivity contribution in [3.8, 4) is 0 Å². The molecule has 0 bridgehead atoms. The maximum Gasteiger partial charge on any atom is 0.294 e. The topological polar surface area (TPSA) is 40.6 Å². The predicted octanol–water partition coefficient (Wildman–Crippen LogP) is 3.52. The lowest BCUT2D eigenvalue weighted by atomic mass is 9.79. The monoisotopic (exact) mass is 380 g/mol. The Morgan fingerprint density at radius 3 is 2.46 bits per heavy atom. The largest absolute Gasteiger partial charge is 0.335 e. The third kappa shape index (κ3) is 3.85. The first-order valence-corrected chi connectivity index (χ1v) is 9.91. The summed E-state index contributed by atoms with van der Waals surface area (Å²) in [6.45, 7) is 3.59. The zero-order valence-electron chi connectivity index (χ0n) is 15.9. The molecule has 4 rings (SSSR count). The lowest BCUT2D eigenvalue weighted by Crippen LogP contribution is -2.45. The van der Waals surface area contributed by atoms with Crippen LogP contribution in [0.2, 0.25) is 0 Å². The molecule has 2 aliphatic rings. The number of piperidine rings is 1. The number of ketones is 1.